The Bertz CT molecular complexity index is 5730. The molecule has 594 valence electrons. The van der Waals surface area contributed by atoms with Crippen LogP contribution in [0.3, 0.4) is 0 Å². The molecule has 0 radical (unpaired) electrons. The summed E-state index contributed by atoms with van der Waals surface area (Å²) in [7, 11) is 4.35. The Kier molecular flexibility index (Phi) is 20.0. The minimum atomic E-state index is -0.339. The number of aromatic nitrogens is 9. The Hall–Kier alpha value is -12.0. The van der Waals surface area contributed by atoms with Gasteiger partial charge < -0.3 is 70.6 Å². The molecule has 6 fully saturated rings. The van der Waals surface area contributed by atoms with E-state index in [1.165, 1.54) is 68.5 Å². The van der Waals surface area contributed by atoms with Gasteiger partial charge in [-0.1, -0.05) is 31.0 Å². The van der Waals surface area contributed by atoms with Crippen LogP contribution in [0.5, 0.6) is 0 Å². The second kappa shape index (κ2) is 31.3. The second-order valence-electron chi connectivity index (χ2n) is 31.7. The predicted molar refractivity (Wildman–Crippen MR) is 437 cm³/mol. The van der Waals surface area contributed by atoms with Crippen LogP contribution >= 0.6 is 0 Å². The number of hydrogen-bond acceptors (Lipinski definition) is 20. The van der Waals surface area contributed by atoms with E-state index in [4.69, 9.17) is 14.2 Å². The maximum absolute atomic E-state index is 13.7. The van der Waals surface area contributed by atoms with Gasteiger partial charge in [-0.25, -0.2) is 43.1 Å². The summed E-state index contributed by atoms with van der Waals surface area (Å²) in [5.74, 6) is 1.50. The highest BCUT2D eigenvalue weighted by Gasteiger charge is 2.41. The fraction of sp³-hybridized carbons (Fsp3) is 0.345. The van der Waals surface area contributed by atoms with E-state index in [9.17, 15) is 27.6 Å². The summed E-state index contributed by atoms with van der Waals surface area (Å²) in [6.45, 7) is 11.6. The summed E-state index contributed by atoms with van der Waals surface area (Å²) >= 11 is 0. The number of imidazole rings is 3. The number of carbonyl (C=O) groups excluding carboxylic acids is 3. The Morgan fingerprint density at radius 3 is 1.34 bits per heavy atom. The van der Waals surface area contributed by atoms with Gasteiger partial charge in [-0.15, -0.1) is 0 Å². The molecule has 1 spiro atoms. The average molecular weight is 1570 g/mol. The average Bonchev–Trinajstić information content (AvgIpc) is 1.57. The number of piperidine rings is 1. The van der Waals surface area contributed by atoms with Gasteiger partial charge in [-0.2, -0.15) is 0 Å². The molecule has 9 aromatic heterocycles. The fourth-order valence-corrected chi connectivity index (χ4v) is 17.5. The molecule has 3 amide bonds. The lowest BCUT2D eigenvalue weighted by Gasteiger charge is -2.47. The molecule has 21 rings (SSSR count). The maximum atomic E-state index is 13.7. The van der Waals surface area contributed by atoms with Crippen molar-refractivity contribution in [1.29, 1.82) is 0 Å². The summed E-state index contributed by atoms with van der Waals surface area (Å²) in [4.78, 5) is 77.4. The molecule has 3 atom stereocenters. The van der Waals surface area contributed by atoms with Gasteiger partial charge in [-0.05, 0) is 148 Å². The third-order valence-electron chi connectivity index (χ3n) is 23.8. The summed E-state index contributed by atoms with van der Waals surface area (Å²) in [6, 6.07) is 32.7. The van der Waals surface area contributed by atoms with E-state index in [0.29, 0.717) is 94.4 Å². The van der Waals surface area contributed by atoms with Crippen molar-refractivity contribution in [2.75, 3.05) is 123 Å². The lowest BCUT2D eigenvalue weighted by atomic mass is 9.90. The van der Waals surface area contributed by atoms with Crippen LogP contribution in [0.15, 0.2) is 165 Å². The topological polar surface area (TPSA) is 258 Å². The van der Waals surface area contributed by atoms with Crippen molar-refractivity contribution in [1.82, 2.24) is 68.9 Å². The van der Waals surface area contributed by atoms with E-state index in [2.05, 4.69) is 119 Å². The zero-order chi connectivity index (χ0) is 78.7. The number of amides is 3. The van der Waals surface area contributed by atoms with Crippen molar-refractivity contribution in [3.8, 4) is 33.8 Å². The molecule has 16 heterocycles. The zero-order valence-corrected chi connectivity index (χ0v) is 64.5. The normalized spacial score (nSPS) is 19.8. The Balaban J connectivity index is 0.000000116. The molecule has 1 unspecified atom stereocenters. The number of pyridine rings is 6. The molecule has 116 heavy (non-hydrogen) atoms. The highest BCUT2D eigenvalue weighted by atomic mass is 19.1. The first-order valence-corrected chi connectivity index (χ1v) is 40.0. The number of carbonyl (C=O) groups is 3. The number of anilines is 9. The van der Waals surface area contributed by atoms with Crippen LogP contribution in [-0.2, 0) is 33.8 Å². The summed E-state index contributed by atoms with van der Waals surface area (Å²) in [5.41, 5.74) is 16.2. The highest BCUT2D eigenvalue weighted by Crippen LogP contribution is 2.42. The van der Waals surface area contributed by atoms with Gasteiger partial charge in [0.05, 0.1) is 143 Å². The minimum absolute atomic E-state index is 0.118. The quantitative estimate of drug-likeness (QED) is 0.0467. The van der Waals surface area contributed by atoms with Crippen molar-refractivity contribution in [3.63, 3.8) is 0 Å². The lowest BCUT2D eigenvalue weighted by molar-refractivity contribution is -0.108. The SMILES string of the molecule is CN(C[C@@H]1CN(c2ccc(Nc3ccc(-c4cnc5cc(F)ccn45)c4c3C(=O)NC4)nc2)CCO1)C1CC1.CN1CCOC2(CCCN(c3ccc(Nc4ccc(-c5cnc6cc(F)ccn56)c5c4C(=O)NC5)nc3)C2)C1.O=C1NCc2c(-c3cnc4cc(F)ccn34)ccc(Nc3ccc(N4CCO[C@@H](CCC5CC5)C4)cn3)c21. The number of nitrogens with zero attached hydrogens (tertiary/aromatic N) is 14. The number of rotatable bonds is 18. The standard InChI is InChI=1S/2C29H30FN7O2.C29H29FN6O2/c1-35-11-12-39-29(17-35)8-2-9-36(18-29)20-3-6-25(31-14-20)34-23-5-4-21(22-15-33-28(38)27(22)23)24-16-32-26-13-19(30)7-10-37(24)26;1-35(19-2-3-19)16-21-17-36(10-11-39-21)20-4-7-26(31-13-20)34-24-6-5-22(23-14-33-29(38)28(23)24)25-15-32-27-12-18(30)8-9-37(25)27;30-19-9-10-36-25(16-32-27(36)13-19)22-6-7-24(28-23(22)15-33-29(28)37)34-26-8-4-20(14-31-26)35-11-12-38-21(17-35)5-3-18-1-2-18/h3-7,10,13-14,16H,2,8-9,11-12,15,17-18H2,1H3,(H,31,34)(H,33,38);4-9,12-13,15,19,21H,2-3,10-11,14,16-17H2,1H3,(H,31,34)(H,33,38);4,6-10,13-14,16,18,21H,1-3,5,11-12,15,17H2,(H,31,34)(H,33,37)/t;2*21-/m.10/s1. The third-order valence-corrected chi connectivity index (χ3v) is 23.8. The van der Waals surface area contributed by atoms with Crippen molar-refractivity contribution >= 4 is 86.2 Å². The summed E-state index contributed by atoms with van der Waals surface area (Å²) in [6.07, 6.45) is 26.1. The third kappa shape index (κ3) is 15.3. The number of fused-ring (bicyclic) bond motifs is 6. The molecule has 29 heteroatoms. The molecule has 0 bridgehead atoms. The molecule has 4 saturated heterocycles. The number of likely N-dealkylation sites (N-methyl/N-ethyl adjacent to an activating group) is 2. The van der Waals surface area contributed by atoms with Gasteiger partial charge in [0, 0.05) is 138 Å². The van der Waals surface area contributed by atoms with Gasteiger partial charge in [-0.3, -0.25) is 27.6 Å². The molecule has 2 aliphatic carbocycles. The molecule has 7 aliphatic heterocycles. The Morgan fingerprint density at radius 1 is 0.483 bits per heavy atom. The van der Waals surface area contributed by atoms with Crippen LogP contribution in [0.25, 0.3) is 50.7 Å². The van der Waals surface area contributed by atoms with E-state index in [1.54, 1.807) is 37.2 Å². The highest BCUT2D eigenvalue weighted by molar-refractivity contribution is 6.08. The summed E-state index contributed by atoms with van der Waals surface area (Å²) < 4.78 is 64.8. The fourth-order valence-electron chi connectivity index (χ4n) is 17.5. The Labute approximate surface area is 667 Å². The molecular formula is C87H89F3N20O6. The molecule has 26 nitrogen and oxygen atoms in total. The largest absolute Gasteiger partial charge is 0.375 e. The van der Waals surface area contributed by atoms with E-state index < -0.39 is 0 Å². The molecule has 9 aliphatic rings. The van der Waals surface area contributed by atoms with Crippen molar-refractivity contribution < 1.29 is 41.8 Å². The number of benzene rings is 3. The van der Waals surface area contributed by atoms with Gasteiger partial charge in [0.25, 0.3) is 17.7 Å². The van der Waals surface area contributed by atoms with E-state index in [1.807, 2.05) is 86.4 Å². The molecule has 6 N–H and O–H groups in total. The van der Waals surface area contributed by atoms with Crippen LogP contribution in [0.2, 0.25) is 0 Å². The predicted octanol–water partition coefficient (Wildman–Crippen LogP) is 12.6. The number of nitrogens with one attached hydrogen (secondary N) is 6. The summed E-state index contributed by atoms with van der Waals surface area (Å²) in [5, 5.41) is 18.9. The second-order valence-corrected chi connectivity index (χ2v) is 31.7. The van der Waals surface area contributed by atoms with E-state index in [-0.39, 0.29) is 53.0 Å². The Morgan fingerprint density at radius 2 is 0.922 bits per heavy atom. The van der Waals surface area contributed by atoms with Crippen LogP contribution in [0.4, 0.5) is 64.7 Å². The lowest BCUT2D eigenvalue weighted by Crippen LogP contribution is -2.59. The van der Waals surface area contributed by atoms with Crippen LogP contribution in [-0.4, -0.2) is 187 Å². The van der Waals surface area contributed by atoms with Gasteiger partial charge in [0.15, 0.2) is 0 Å². The molecule has 12 aromatic rings. The van der Waals surface area contributed by atoms with Crippen molar-refractivity contribution in [3.05, 3.63) is 216 Å². The van der Waals surface area contributed by atoms with Gasteiger partial charge in [0.2, 0.25) is 0 Å². The smallest absolute Gasteiger partial charge is 0.254 e. The minimum Gasteiger partial charge on any atom is -0.375 e. The maximum Gasteiger partial charge on any atom is 0.254 e. The van der Waals surface area contributed by atoms with Crippen LogP contribution < -0.4 is 46.6 Å². The monoisotopic (exact) mass is 1570 g/mol. The van der Waals surface area contributed by atoms with E-state index >= 15 is 0 Å². The van der Waals surface area contributed by atoms with Crippen molar-refractivity contribution in [2.24, 2.45) is 5.92 Å². The molecule has 2 saturated carbocycles. The number of ether oxygens (including phenoxy) is 3. The van der Waals surface area contributed by atoms with Crippen LogP contribution in [0.1, 0.15) is 99.1 Å². The van der Waals surface area contributed by atoms with Crippen LogP contribution in [0, 0.1) is 23.4 Å². The number of halogens is 3. The van der Waals surface area contributed by atoms with Crippen molar-refractivity contribution in [2.45, 2.75) is 94.9 Å². The first kappa shape index (κ1) is 74.1. The van der Waals surface area contributed by atoms with Gasteiger partial charge in [0.1, 0.15) is 51.8 Å². The number of hydrogen-bond donors (Lipinski definition) is 6. The first-order valence-electron chi connectivity index (χ1n) is 40.0. The van der Waals surface area contributed by atoms with E-state index in [0.717, 1.165) is 171 Å². The number of morpholine rings is 3. The zero-order valence-electron chi connectivity index (χ0n) is 64.5. The molecular weight excluding hydrogens is 1480 g/mol. The first-order chi connectivity index (χ1) is 56.6. The molecule has 3 aromatic carbocycles. The van der Waals surface area contributed by atoms with Gasteiger partial charge >= 0.3 is 0 Å².